The standard InChI is InChI=1S/C13H29N3O/c1-13(2)11-16(9-8-15(13)3)12(10-17-4)6-5-7-14/h12H,5-11,14H2,1-4H3. The lowest BCUT2D eigenvalue weighted by Crippen LogP contribution is -2.60. The Bertz CT molecular complexity index is 221. The molecule has 4 heteroatoms. The third-order valence-electron chi connectivity index (χ3n) is 3.96. The summed E-state index contributed by atoms with van der Waals surface area (Å²) in [5.74, 6) is 0. The normalized spacial score (nSPS) is 23.8. The second kappa shape index (κ2) is 6.69. The minimum absolute atomic E-state index is 0.257. The van der Waals surface area contributed by atoms with Gasteiger partial charge in [-0.3, -0.25) is 9.80 Å². The first-order chi connectivity index (χ1) is 8.01. The minimum atomic E-state index is 0.257. The quantitative estimate of drug-likeness (QED) is 0.748. The molecule has 1 aliphatic heterocycles. The molecule has 17 heavy (non-hydrogen) atoms. The van der Waals surface area contributed by atoms with Crippen molar-refractivity contribution in [1.82, 2.24) is 9.80 Å². The van der Waals surface area contributed by atoms with Crippen LogP contribution in [0.25, 0.3) is 0 Å². The van der Waals surface area contributed by atoms with Gasteiger partial charge in [0.05, 0.1) is 6.61 Å². The van der Waals surface area contributed by atoms with Gasteiger partial charge in [0, 0.05) is 38.3 Å². The van der Waals surface area contributed by atoms with Gasteiger partial charge in [-0.1, -0.05) is 0 Å². The summed E-state index contributed by atoms with van der Waals surface area (Å²) in [5.41, 5.74) is 5.87. The van der Waals surface area contributed by atoms with Crippen molar-refractivity contribution in [3.8, 4) is 0 Å². The van der Waals surface area contributed by atoms with Gasteiger partial charge in [-0.2, -0.15) is 0 Å². The highest BCUT2D eigenvalue weighted by Gasteiger charge is 2.33. The molecule has 0 saturated carbocycles. The second-order valence-electron chi connectivity index (χ2n) is 5.74. The van der Waals surface area contributed by atoms with Gasteiger partial charge in [0.2, 0.25) is 0 Å². The first-order valence-electron chi connectivity index (χ1n) is 6.65. The molecule has 4 nitrogen and oxygen atoms in total. The van der Waals surface area contributed by atoms with Crippen LogP contribution in [0.3, 0.4) is 0 Å². The number of hydrogen-bond donors (Lipinski definition) is 1. The van der Waals surface area contributed by atoms with E-state index in [1.807, 2.05) is 0 Å². The van der Waals surface area contributed by atoms with Crippen LogP contribution in [-0.4, -0.2) is 68.3 Å². The fraction of sp³-hybridized carbons (Fsp3) is 1.00. The van der Waals surface area contributed by atoms with E-state index in [0.29, 0.717) is 6.04 Å². The lowest BCUT2D eigenvalue weighted by atomic mass is 9.97. The van der Waals surface area contributed by atoms with Crippen LogP contribution in [0.1, 0.15) is 26.7 Å². The molecule has 1 unspecified atom stereocenters. The Kier molecular flexibility index (Phi) is 5.86. The van der Waals surface area contributed by atoms with Gasteiger partial charge in [-0.25, -0.2) is 0 Å². The highest BCUT2D eigenvalue weighted by atomic mass is 16.5. The van der Waals surface area contributed by atoms with Crippen LogP contribution in [0.2, 0.25) is 0 Å². The minimum Gasteiger partial charge on any atom is -0.383 e. The van der Waals surface area contributed by atoms with Gasteiger partial charge < -0.3 is 10.5 Å². The lowest BCUT2D eigenvalue weighted by Gasteiger charge is -2.48. The highest BCUT2D eigenvalue weighted by Crippen LogP contribution is 2.22. The van der Waals surface area contributed by atoms with Crippen molar-refractivity contribution >= 4 is 0 Å². The topological polar surface area (TPSA) is 41.7 Å². The van der Waals surface area contributed by atoms with Crippen molar-refractivity contribution in [2.45, 2.75) is 38.3 Å². The Morgan fingerprint density at radius 3 is 2.59 bits per heavy atom. The summed E-state index contributed by atoms with van der Waals surface area (Å²) in [4.78, 5) is 5.01. The summed E-state index contributed by atoms with van der Waals surface area (Å²) in [6.45, 7) is 9.60. The summed E-state index contributed by atoms with van der Waals surface area (Å²) in [5, 5.41) is 0. The average Bonchev–Trinajstić information content (AvgIpc) is 2.28. The van der Waals surface area contributed by atoms with Crippen LogP contribution in [0.4, 0.5) is 0 Å². The summed E-state index contributed by atoms with van der Waals surface area (Å²) < 4.78 is 5.35. The van der Waals surface area contributed by atoms with Crippen LogP contribution in [0, 0.1) is 0 Å². The van der Waals surface area contributed by atoms with E-state index in [1.54, 1.807) is 7.11 Å². The molecule has 1 rings (SSSR count). The molecule has 0 amide bonds. The number of methoxy groups -OCH3 is 1. The van der Waals surface area contributed by atoms with Crippen molar-refractivity contribution in [2.24, 2.45) is 5.73 Å². The van der Waals surface area contributed by atoms with Crippen LogP contribution in [-0.2, 0) is 4.74 Å². The van der Waals surface area contributed by atoms with E-state index in [2.05, 4.69) is 30.7 Å². The van der Waals surface area contributed by atoms with Crippen molar-refractivity contribution < 1.29 is 4.74 Å². The molecule has 2 N–H and O–H groups in total. The van der Waals surface area contributed by atoms with E-state index in [-0.39, 0.29) is 5.54 Å². The van der Waals surface area contributed by atoms with Gasteiger partial charge in [0.25, 0.3) is 0 Å². The maximum atomic E-state index is 5.61. The first kappa shape index (κ1) is 14.9. The number of likely N-dealkylation sites (N-methyl/N-ethyl adjacent to an activating group) is 1. The SMILES string of the molecule is COCC(CCCN)N1CCN(C)C(C)(C)C1. The maximum absolute atomic E-state index is 5.61. The lowest BCUT2D eigenvalue weighted by molar-refractivity contribution is -0.00699. The van der Waals surface area contributed by atoms with Gasteiger partial charge in [-0.15, -0.1) is 0 Å². The molecular formula is C13H29N3O. The molecule has 0 bridgehead atoms. The largest absolute Gasteiger partial charge is 0.383 e. The number of hydrogen-bond acceptors (Lipinski definition) is 4. The third kappa shape index (κ3) is 4.21. The summed E-state index contributed by atoms with van der Waals surface area (Å²) in [6, 6.07) is 0.525. The van der Waals surface area contributed by atoms with Gasteiger partial charge in [-0.05, 0) is 40.3 Å². The molecule has 0 aromatic carbocycles. The van der Waals surface area contributed by atoms with E-state index < -0.39 is 0 Å². The molecule has 1 aliphatic rings. The van der Waals surface area contributed by atoms with Gasteiger partial charge >= 0.3 is 0 Å². The third-order valence-corrected chi connectivity index (χ3v) is 3.96. The molecule has 0 spiro atoms. The van der Waals surface area contributed by atoms with Crippen LogP contribution >= 0.6 is 0 Å². The highest BCUT2D eigenvalue weighted by molar-refractivity contribution is 4.90. The number of ether oxygens (including phenoxy) is 1. The van der Waals surface area contributed by atoms with Crippen LogP contribution in [0.5, 0.6) is 0 Å². The monoisotopic (exact) mass is 243 g/mol. The molecule has 1 atom stereocenters. The van der Waals surface area contributed by atoms with E-state index >= 15 is 0 Å². The smallest absolute Gasteiger partial charge is 0.0618 e. The molecule has 0 radical (unpaired) electrons. The number of nitrogens with zero attached hydrogens (tertiary/aromatic N) is 2. The average molecular weight is 243 g/mol. The van der Waals surface area contributed by atoms with Gasteiger partial charge in [0.15, 0.2) is 0 Å². The Morgan fingerprint density at radius 2 is 2.06 bits per heavy atom. The van der Waals surface area contributed by atoms with Crippen LogP contribution < -0.4 is 5.73 Å². The summed E-state index contributed by atoms with van der Waals surface area (Å²) in [6.07, 6.45) is 2.23. The van der Waals surface area contributed by atoms with Crippen molar-refractivity contribution in [3.63, 3.8) is 0 Å². The fourth-order valence-corrected chi connectivity index (χ4v) is 2.51. The number of piperazine rings is 1. The number of rotatable bonds is 6. The van der Waals surface area contributed by atoms with Gasteiger partial charge in [0.1, 0.15) is 0 Å². The van der Waals surface area contributed by atoms with E-state index in [1.165, 1.54) is 0 Å². The summed E-state index contributed by atoms with van der Waals surface area (Å²) in [7, 11) is 4.00. The van der Waals surface area contributed by atoms with E-state index in [4.69, 9.17) is 10.5 Å². The maximum Gasteiger partial charge on any atom is 0.0618 e. The van der Waals surface area contributed by atoms with E-state index in [9.17, 15) is 0 Å². The number of nitrogens with two attached hydrogens (primary N) is 1. The van der Waals surface area contributed by atoms with E-state index in [0.717, 1.165) is 45.6 Å². The summed E-state index contributed by atoms with van der Waals surface area (Å²) >= 11 is 0. The molecule has 0 aromatic heterocycles. The Hall–Kier alpha value is -0.160. The first-order valence-corrected chi connectivity index (χ1v) is 6.65. The predicted octanol–water partition coefficient (Wildman–Crippen LogP) is 0.766. The zero-order chi connectivity index (χ0) is 12.9. The van der Waals surface area contributed by atoms with Crippen LogP contribution in [0.15, 0.2) is 0 Å². The van der Waals surface area contributed by atoms with Crippen molar-refractivity contribution in [3.05, 3.63) is 0 Å². The molecule has 1 fully saturated rings. The second-order valence-corrected chi connectivity index (χ2v) is 5.74. The molecule has 102 valence electrons. The predicted molar refractivity (Wildman–Crippen MR) is 72.2 cm³/mol. The molecular weight excluding hydrogens is 214 g/mol. The molecule has 1 saturated heterocycles. The Labute approximate surface area is 106 Å². The fourth-order valence-electron chi connectivity index (χ4n) is 2.51. The zero-order valence-corrected chi connectivity index (χ0v) is 11.9. The van der Waals surface area contributed by atoms with Crippen molar-refractivity contribution in [1.29, 1.82) is 0 Å². The Morgan fingerprint density at radius 1 is 1.35 bits per heavy atom. The Balaban J connectivity index is 2.55. The van der Waals surface area contributed by atoms with Crippen molar-refractivity contribution in [2.75, 3.05) is 46.9 Å². The zero-order valence-electron chi connectivity index (χ0n) is 11.9. The molecule has 1 heterocycles. The molecule has 0 aromatic rings. The molecule has 0 aliphatic carbocycles.